The summed E-state index contributed by atoms with van der Waals surface area (Å²) in [6, 6.07) is 13.5. The maximum atomic E-state index is 13.6. The van der Waals surface area contributed by atoms with Gasteiger partial charge in [0, 0.05) is 24.3 Å². The minimum atomic E-state index is -3.38. The molecule has 0 aliphatic carbocycles. The number of likely N-dealkylation sites (tertiary alicyclic amines) is 1. The van der Waals surface area contributed by atoms with Crippen molar-refractivity contribution < 1.29 is 26.8 Å². The number of pyridine rings is 1. The van der Waals surface area contributed by atoms with Crippen LogP contribution in [0, 0.1) is 11.3 Å². The SMILES string of the molecule is CS(=O)(=O)c1cccc(-c2ccc3c(C(=O)NCC(=O)N4CC(F)(F)C[C@H]4C#N)ccnc3c2)c1. The highest BCUT2D eigenvalue weighted by Crippen LogP contribution is 2.31. The van der Waals surface area contributed by atoms with E-state index < -0.39 is 53.1 Å². The second-order valence-corrected chi connectivity index (χ2v) is 10.3. The minimum absolute atomic E-state index is 0.176. The van der Waals surface area contributed by atoms with E-state index in [4.69, 9.17) is 5.26 Å². The van der Waals surface area contributed by atoms with Crippen LogP contribution in [0.25, 0.3) is 22.0 Å². The van der Waals surface area contributed by atoms with E-state index in [2.05, 4.69) is 10.3 Å². The second-order valence-electron chi connectivity index (χ2n) is 8.30. The number of nitrogens with zero attached hydrogens (tertiary/aromatic N) is 3. The first-order valence-electron chi connectivity index (χ1n) is 10.5. The molecule has 2 aromatic carbocycles. The Hall–Kier alpha value is -3.91. The molecule has 1 atom stereocenters. The van der Waals surface area contributed by atoms with Gasteiger partial charge in [-0.25, -0.2) is 17.2 Å². The lowest BCUT2D eigenvalue weighted by Crippen LogP contribution is -2.43. The first-order chi connectivity index (χ1) is 16.5. The molecule has 0 unspecified atom stereocenters. The Kier molecular flexibility index (Phi) is 6.25. The Morgan fingerprint density at radius 2 is 1.94 bits per heavy atom. The number of carbonyl (C=O) groups is 2. The van der Waals surface area contributed by atoms with Gasteiger partial charge in [-0.05, 0) is 35.4 Å². The Morgan fingerprint density at radius 3 is 2.66 bits per heavy atom. The van der Waals surface area contributed by atoms with Gasteiger partial charge < -0.3 is 10.2 Å². The van der Waals surface area contributed by atoms with E-state index in [9.17, 15) is 26.8 Å². The maximum absolute atomic E-state index is 13.6. The smallest absolute Gasteiger partial charge is 0.268 e. The molecule has 0 radical (unpaired) electrons. The van der Waals surface area contributed by atoms with Gasteiger partial charge in [-0.2, -0.15) is 5.26 Å². The summed E-state index contributed by atoms with van der Waals surface area (Å²) < 4.78 is 50.9. The number of aromatic nitrogens is 1. The fourth-order valence-corrected chi connectivity index (χ4v) is 4.65. The molecule has 35 heavy (non-hydrogen) atoms. The van der Waals surface area contributed by atoms with Crippen LogP contribution in [0.5, 0.6) is 0 Å². The highest BCUT2D eigenvalue weighted by Gasteiger charge is 2.47. The van der Waals surface area contributed by atoms with Crippen molar-refractivity contribution in [3.63, 3.8) is 0 Å². The van der Waals surface area contributed by atoms with Crippen molar-refractivity contribution in [2.45, 2.75) is 23.3 Å². The number of rotatable bonds is 5. The molecule has 1 aliphatic heterocycles. The van der Waals surface area contributed by atoms with Crippen LogP contribution >= 0.6 is 0 Å². The molecule has 1 aliphatic rings. The van der Waals surface area contributed by atoms with Crippen LogP contribution in [0.3, 0.4) is 0 Å². The number of fused-ring (bicyclic) bond motifs is 1. The third-order valence-electron chi connectivity index (χ3n) is 5.72. The van der Waals surface area contributed by atoms with E-state index in [0.717, 1.165) is 11.2 Å². The van der Waals surface area contributed by atoms with E-state index in [1.54, 1.807) is 42.5 Å². The van der Waals surface area contributed by atoms with Gasteiger partial charge in [-0.3, -0.25) is 14.6 Å². The lowest BCUT2D eigenvalue weighted by atomic mass is 10.0. The summed E-state index contributed by atoms with van der Waals surface area (Å²) in [5, 5.41) is 12.0. The fourth-order valence-electron chi connectivity index (χ4n) is 3.98. The van der Waals surface area contributed by atoms with Gasteiger partial charge in [-0.1, -0.05) is 24.3 Å². The first-order valence-corrected chi connectivity index (χ1v) is 12.4. The Bertz CT molecular complexity index is 1480. The molecule has 2 heterocycles. The zero-order chi connectivity index (χ0) is 25.4. The molecule has 0 spiro atoms. The average molecular weight is 499 g/mol. The predicted molar refractivity (Wildman–Crippen MR) is 123 cm³/mol. The molecule has 4 rings (SSSR count). The van der Waals surface area contributed by atoms with Crippen LogP contribution in [0.15, 0.2) is 59.6 Å². The minimum Gasteiger partial charge on any atom is -0.343 e. The lowest BCUT2D eigenvalue weighted by Gasteiger charge is -2.19. The molecule has 1 saturated heterocycles. The summed E-state index contributed by atoms with van der Waals surface area (Å²) in [6.07, 6.45) is 1.82. The molecule has 3 aromatic rings. The topological polar surface area (TPSA) is 120 Å². The number of nitriles is 1. The molecule has 1 fully saturated rings. The molecular weight excluding hydrogens is 478 g/mol. The quantitative estimate of drug-likeness (QED) is 0.578. The van der Waals surface area contributed by atoms with Gasteiger partial charge in [0.15, 0.2) is 9.84 Å². The van der Waals surface area contributed by atoms with Gasteiger partial charge in [0.2, 0.25) is 5.91 Å². The van der Waals surface area contributed by atoms with Gasteiger partial charge in [0.1, 0.15) is 6.04 Å². The molecule has 11 heteroatoms. The molecule has 0 saturated carbocycles. The molecular formula is C24H20F2N4O4S. The number of carbonyl (C=O) groups excluding carboxylic acids is 2. The van der Waals surface area contributed by atoms with Gasteiger partial charge >= 0.3 is 0 Å². The molecule has 2 amide bonds. The van der Waals surface area contributed by atoms with Crippen molar-refractivity contribution in [2.24, 2.45) is 0 Å². The maximum Gasteiger partial charge on any atom is 0.268 e. The Labute approximate surface area is 200 Å². The highest BCUT2D eigenvalue weighted by atomic mass is 32.2. The van der Waals surface area contributed by atoms with Crippen LogP contribution in [0.1, 0.15) is 16.8 Å². The van der Waals surface area contributed by atoms with Crippen LogP contribution in [0.4, 0.5) is 8.78 Å². The normalized spacial score (nSPS) is 17.2. The number of sulfone groups is 1. The van der Waals surface area contributed by atoms with E-state index in [1.807, 2.05) is 0 Å². The summed E-state index contributed by atoms with van der Waals surface area (Å²) in [5.74, 6) is -4.51. The Morgan fingerprint density at radius 1 is 1.20 bits per heavy atom. The standard InChI is InChI=1S/C24H20F2N4O4S/c1-35(33,34)18-4-2-3-15(9-18)16-5-6-19-20(7-8-28-21(19)10-16)23(32)29-13-22(31)30-14-24(25,26)11-17(30)12-27/h2-10,17H,11,13-14H2,1H3,(H,29,32)/t17-/m0/s1. The van der Waals surface area contributed by atoms with Crippen LogP contribution in [-0.4, -0.2) is 61.4 Å². The number of benzene rings is 2. The largest absolute Gasteiger partial charge is 0.343 e. The Balaban J connectivity index is 1.54. The lowest BCUT2D eigenvalue weighted by molar-refractivity contribution is -0.131. The zero-order valence-corrected chi connectivity index (χ0v) is 19.4. The molecule has 1 aromatic heterocycles. The van der Waals surface area contributed by atoms with Crippen LogP contribution < -0.4 is 5.32 Å². The number of alkyl halides is 2. The van der Waals surface area contributed by atoms with Crippen molar-refractivity contribution in [1.29, 1.82) is 5.26 Å². The summed E-state index contributed by atoms with van der Waals surface area (Å²) >= 11 is 0. The molecule has 180 valence electrons. The summed E-state index contributed by atoms with van der Waals surface area (Å²) in [4.78, 5) is 30.4. The van der Waals surface area contributed by atoms with Gasteiger partial charge in [-0.15, -0.1) is 0 Å². The van der Waals surface area contributed by atoms with E-state index in [1.165, 1.54) is 18.3 Å². The number of amides is 2. The molecule has 1 N–H and O–H groups in total. The van der Waals surface area contributed by atoms with Crippen molar-refractivity contribution in [3.8, 4) is 17.2 Å². The van der Waals surface area contributed by atoms with Crippen LogP contribution in [0.2, 0.25) is 0 Å². The van der Waals surface area contributed by atoms with Crippen molar-refractivity contribution in [2.75, 3.05) is 19.3 Å². The average Bonchev–Trinajstić information content (AvgIpc) is 3.15. The van der Waals surface area contributed by atoms with Crippen molar-refractivity contribution >= 4 is 32.6 Å². The second kappa shape index (κ2) is 9.03. The monoisotopic (exact) mass is 498 g/mol. The van der Waals surface area contributed by atoms with E-state index >= 15 is 0 Å². The summed E-state index contributed by atoms with van der Waals surface area (Å²) in [6.45, 7) is -1.39. The number of halogens is 2. The van der Waals surface area contributed by atoms with Gasteiger partial charge in [0.05, 0.1) is 35.1 Å². The first kappa shape index (κ1) is 24.2. The van der Waals surface area contributed by atoms with E-state index in [-0.39, 0.29) is 10.5 Å². The third-order valence-corrected chi connectivity index (χ3v) is 6.83. The summed E-state index contributed by atoms with van der Waals surface area (Å²) in [5.41, 5.74) is 2.05. The highest BCUT2D eigenvalue weighted by molar-refractivity contribution is 7.90. The number of nitrogens with one attached hydrogen (secondary N) is 1. The third kappa shape index (κ3) is 5.12. The fraction of sp³-hybridized carbons (Fsp3) is 0.250. The number of hydrogen-bond acceptors (Lipinski definition) is 6. The summed E-state index contributed by atoms with van der Waals surface area (Å²) in [7, 11) is -3.38. The molecule has 0 bridgehead atoms. The van der Waals surface area contributed by atoms with Gasteiger partial charge in [0.25, 0.3) is 11.8 Å². The van der Waals surface area contributed by atoms with E-state index in [0.29, 0.717) is 22.0 Å². The molecule has 8 nitrogen and oxygen atoms in total. The van der Waals surface area contributed by atoms with Crippen molar-refractivity contribution in [1.82, 2.24) is 15.2 Å². The predicted octanol–water partition coefficient (Wildman–Crippen LogP) is 2.79. The van der Waals surface area contributed by atoms with Crippen LogP contribution in [-0.2, 0) is 14.6 Å². The van der Waals surface area contributed by atoms with Crippen molar-refractivity contribution in [3.05, 3.63) is 60.3 Å². The zero-order valence-electron chi connectivity index (χ0n) is 18.5. The number of hydrogen-bond donors (Lipinski definition) is 1.